The Balaban J connectivity index is 3.94. The van der Waals surface area contributed by atoms with Crippen LogP contribution in [-0.2, 0) is 14.3 Å². The van der Waals surface area contributed by atoms with Crippen LogP contribution < -0.4 is 0 Å². The summed E-state index contributed by atoms with van der Waals surface area (Å²) in [5.74, 6) is 0. The average Bonchev–Trinajstić information content (AvgIpc) is 1.86. The van der Waals surface area contributed by atoms with E-state index in [1.807, 2.05) is 0 Å². The third-order valence-corrected chi connectivity index (χ3v) is 0.676. The highest BCUT2D eigenvalue weighted by molar-refractivity contribution is 5.37. The molecule has 0 bridgehead atoms. The Labute approximate surface area is 54.7 Å². The molecule has 0 aromatic carbocycles. The smallest absolute Gasteiger partial charge is 0.399 e. The molecule has 6 heteroatoms. The molecule has 0 N–H and O–H groups in total. The van der Waals surface area contributed by atoms with Gasteiger partial charge in [-0.25, -0.2) is 4.39 Å². The molecule has 0 aliphatic heterocycles. The molecular weight excluding hydrogens is 153 g/mol. The van der Waals surface area contributed by atoms with E-state index in [4.69, 9.17) is 0 Å². The number of hydrogen-bond donors (Lipinski definition) is 0. The summed E-state index contributed by atoms with van der Waals surface area (Å²) in [6.07, 6.45) is -7.12. The summed E-state index contributed by atoms with van der Waals surface area (Å²) in [7, 11) is 0.729. The second-order valence-corrected chi connectivity index (χ2v) is 1.33. The van der Waals surface area contributed by atoms with Gasteiger partial charge < -0.3 is 9.47 Å². The first-order valence-corrected chi connectivity index (χ1v) is 2.20. The lowest BCUT2D eigenvalue weighted by Gasteiger charge is -2.15. The molecule has 0 rings (SSSR count). The van der Waals surface area contributed by atoms with Crippen molar-refractivity contribution in [1.82, 2.24) is 0 Å². The van der Waals surface area contributed by atoms with Crippen molar-refractivity contribution in [3.05, 3.63) is 0 Å². The number of methoxy groups -OCH3 is 1. The summed E-state index contributed by atoms with van der Waals surface area (Å²) in [6, 6.07) is 0. The number of halogens is 3. The monoisotopic (exact) mass is 158 g/mol. The average molecular weight is 158 g/mol. The van der Waals surface area contributed by atoms with Crippen molar-refractivity contribution in [3.63, 3.8) is 0 Å². The molecular formula is C4H5F3O3. The van der Waals surface area contributed by atoms with Gasteiger partial charge >= 0.3 is 12.5 Å². The molecule has 0 aliphatic carbocycles. The van der Waals surface area contributed by atoms with Crippen molar-refractivity contribution in [2.75, 3.05) is 7.11 Å². The van der Waals surface area contributed by atoms with Crippen LogP contribution in [0.15, 0.2) is 0 Å². The van der Waals surface area contributed by atoms with E-state index in [9.17, 15) is 18.0 Å². The van der Waals surface area contributed by atoms with E-state index in [0.717, 1.165) is 7.11 Å². The Morgan fingerprint density at radius 3 is 2.40 bits per heavy atom. The minimum absolute atomic E-state index is 0.550. The normalized spacial score (nSPS) is 14.4. The van der Waals surface area contributed by atoms with Crippen LogP contribution in [0.5, 0.6) is 0 Å². The van der Waals surface area contributed by atoms with E-state index in [1.165, 1.54) is 0 Å². The topological polar surface area (TPSA) is 35.5 Å². The predicted molar refractivity (Wildman–Crippen MR) is 24.0 cm³/mol. The van der Waals surface area contributed by atoms with Gasteiger partial charge in [0, 0.05) is 7.11 Å². The minimum Gasteiger partial charge on any atom is -0.399 e. The van der Waals surface area contributed by atoms with Crippen LogP contribution in [0.4, 0.5) is 13.2 Å². The standard InChI is InChI=1S/C4H5F3O3/c1-9-3(5)4(6,7)10-2-8/h2-3H,1H3. The Morgan fingerprint density at radius 2 is 2.10 bits per heavy atom. The van der Waals surface area contributed by atoms with Gasteiger partial charge in [-0.3, -0.25) is 4.79 Å². The van der Waals surface area contributed by atoms with Gasteiger partial charge in [-0.15, -0.1) is 0 Å². The summed E-state index contributed by atoms with van der Waals surface area (Å²) in [5, 5.41) is 0. The van der Waals surface area contributed by atoms with E-state index in [0.29, 0.717) is 0 Å². The number of carbonyl (C=O) groups is 1. The molecule has 0 spiro atoms. The van der Waals surface area contributed by atoms with E-state index in [-0.39, 0.29) is 0 Å². The number of rotatable bonds is 4. The van der Waals surface area contributed by atoms with E-state index >= 15 is 0 Å². The van der Waals surface area contributed by atoms with Gasteiger partial charge in [-0.05, 0) is 0 Å². The summed E-state index contributed by atoms with van der Waals surface area (Å²) in [4.78, 5) is 9.32. The predicted octanol–water partition coefficient (Wildman–Crippen LogP) is 0.694. The molecule has 0 aromatic heterocycles. The van der Waals surface area contributed by atoms with Crippen LogP contribution in [-0.4, -0.2) is 26.0 Å². The second kappa shape index (κ2) is 3.40. The Kier molecular flexibility index (Phi) is 3.14. The molecule has 1 unspecified atom stereocenters. The molecule has 1 atom stereocenters. The highest BCUT2D eigenvalue weighted by atomic mass is 19.3. The molecule has 0 radical (unpaired) electrons. The molecule has 0 aromatic rings. The third kappa shape index (κ3) is 2.22. The van der Waals surface area contributed by atoms with Crippen molar-refractivity contribution in [2.45, 2.75) is 12.5 Å². The minimum atomic E-state index is -4.20. The maximum absolute atomic E-state index is 11.9. The first-order chi connectivity index (χ1) is 4.54. The maximum atomic E-state index is 11.9. The number of carbonyl (C=O) groups excluding carboxylic acids is 1. The van der Waals surface area contributed by atoms with Crippen LogP contribution in [0.1, 0.15) is 0 Å². The number of alkyl halides is 3. The van der Waals surface area contributed by atoms with Gasteiger partial charge in [0.25, 0.3) is 6.47 Å². The van der Waals surface area contributed by atoms with Crippen molar-refractivity contribution in [3.8, 4) is 0 Å². The van der Waals surface area contributed by atoms with Gasteiger partial charge in [0.05, 0.1) is 0 Å². The molecule has 10 heavy (non-hydrogen) atoms. The lowest BCUT2D eigenvalue weighted by atomic mass is 10.6. The fourth-order valence-corrected chi connectivity index (χ4v) is 0.255. The third-order valence-electron chi connectivity index (χ3n) is 0.676. The zero-order chi connectivity index (χ0) is 8.20. The first-order valence-electron chi connectivity index (χ1n) is 2.20. The number of ether oxygens (including phenoxy) is 2. The Bertz CT molecular complexity index is 116. The first kappa shape index (κ1) is 9.22. The van der Waals surface area contributed by atoms with Crippen molar-refractivity contribution >= 4 is 6.47 Å². The summed E-state index contributed by atoms with van der Waals surface area (Å²) in [6.45, 7) is -0.550. The highest BCUT2D eigenvalue weighted by Gasteiger charge is 2.43. The van der Waals surface area contributed by atoms with Gasteiger partial charge in [0.2, 0.25) is 0 Å². The summed E-state index contributed by atoms with van der Waals surface area (Å²) < 4.78 is 42.2. The molecule has 60 valence electrons. The van der Waals surface area contributed by atoms with E-state index in [1.54, 1.807) is 0 Å². The van der Waals surface area contributed by atoms with Crippen molar-refractivity contribution in [1.29, 1.82) is 0 Å². The van der Waals surface area contributed by atoms with E-state index in [2.05, 4.69) is 9.47 Å². The fraction of sp³-hybridized carbons (Fsp3) is 0.750. The largest absolute Gasteiger partial charge is 0.458 e. The molecule has 0 aliphatic rings. The van der Waals surface area contributed by atoms with Crippen LogP contribution in [0.25, 0.3) is 0 Å². The van der Waals surface area contributed by atoms with Crippen LogP contribution in [0.2, 0.25) is 0 Å². The zero-order valence-electron chi connectivity index (χ0n) is 5.01. The summed E-state index contributed by atoms with van der Waals surface area (Å²) in [5.41, 5.74) is 0. The van der Waals surface area contributed by atoms with Gasteiger partial charge in [-0.2, -0.15) is 8.78 Å². The Hall–Kier alpha value is -0.780. The SMILES string of the molecule is COC(F)C(F)(F)OC=O. The van der Waals surface area contributed by atoms with Crippen LogP contribution in [0.3, 0.4) is 0 Å². The second-order valence-electron chi connectivity index (χ2n) is 1.33. The lowest BCUT2D eigenvalue weighted by Crippen LogP contribution is -2.34. The molecule has 0 saturated heterocycles. The van der Waals surface area contributed by atoms with Gasteiger partial charge in [-0.1, -0.05) is 0 Å². The van der Waals surface area contributed by atoms with Crippen LogP contribution >= 0.6 is 0 Å². The van der Waals surface area contributed by atoms with Crippen LogP contribution in [0, 0.1) is 0 Å². The lowest BCUT2D eigenvalue weighted by molar-refractivity contribution is -0.302. The quantitative estimate of drug-likeness (QED) is 0.565. The van der Waals surface area contributed by atoms with Gasteiger partial charge in [0.1, 0.15) is 0 Å². The van der Waals surface area contributed by atoms with Gasteiger partial charge in [0.15, 0.2) is 0 Å². The fourth-order valence-electron chi connectivity index (χ4n) is 0.255. The van der Waals surface area contributed by atoms with Crippen molar-refractivity contribution < 1.29 is 27.4 Å². The zero-order valence-corrected chi connectivity index (χ0v) is 5.01. The molecule has 0 heterocycles. The Morgan fingerprint density at radius 1 is 1.60 bits per heavy atom. The molecule has 0 saturated carbocycles. The molecule has 0 amide bonds. The highest BCUT2D eigenvalue weighted by Crippen LogP contribution is 2.22. The molecule has 0 fully saturated rings. The number of hydrogen-bond acceptors (Lipinski definition) is 3. The summed E-state index contributed by atoms with van der Waals surface area (Å²) >= 11 is 0. The molecule has 3 nitrogen and oxygen atoms in total. The van der Waals surface area contributed by atoms with E-state index < -0.39 is 18.9 Å². The van der Waals surface area contributed by atoms with Crippen molar-refractivity contribution in [2.24, 2.45) is 0 Å². The maximum Gasteiger partial charge on any atom is 0.458 e.